The number of aromatic nitrogens is 2. The van der Waals surface area contributed by atoms with Gasteiger partial charge in [0.25, 0.3) is 5.91 Å². The van der Waals surface area contributed by atoms with Gasteiger partial charge in [-0.05, 0) is 24.3 Å². The summed E-state index contributed by atoms with van der Waals surface area (Å²) in [6, 6.07) is 11.8. The second kappa shape index (κ2) is 9.18. The molecule has 6 rings (SSSR count). The van der Waals surface area contributed by atoms with E-state index in [0.717, 1.165) is 11.6 Å². The van der Waals surface area contributed by atoms with Crippen molar-refractivity contribution in [2.24, 2.45) is 0 Å². The monoisotopic (exact) mass is 563 g/mol. The minimum absolute atomic E-state index is 0.0779. The van der Waals surface area contributed by atoms with Gasteiger partial charge in [-0.1, -0.05) is 48.0 Å². The summed E-state index contributed by atoms with van der Waals surface area (Å²) in [6.45, 7) is -0.0807. The molecule has 0 bridgehead atoms. The van der Waals surface area contributed by atoms with Crippen molar-refractivity contribution in [3.63, 3.8) is 0 Å². The number of carbonyl (C=O) groups is 2. The maximum atomic E-state index is 15.3. The van der Waals surface area contributed by atoms with E-state index >= 15 is 4.39 Å². The Morgan fingerprint density at radius 2 is 2.03 bits per heavy atom. The number of para-hydroxylation sites is 1. The third kappa shape index (κ3) is 4.31. The van der Waals surface area contributed by atoms with Crippen molar-refractivity contribution in [1.82, 2.24) is 14.3 Å². The fourth-order valence-electron chi connectivity index (χ4n) is 4.97. The zero-order chi connectivity index (χ0) is 27.5. The highest BCUT2D eigenvalue weighted by Gasteiger charge is 2.32. The normalized spacial score (nSPS) is 13.9. The maximum Gasteiger partial charge on any atom is 0.282 e. The molecular formula is C28H19ClFN3O5S. The van der Waals surface area contributed by atoms with Crippen LogP contribution in [0.4, 0.5) is 4.39 Å². The highest BCUT2D eigenvalue weighted by atomic mass is 35.5. The molecule has 5 aromatic rings. The number of carbonyl (C=O) groups excluding carboxylic acids is 2. The number of furan rings is 1. The van der Waals surface area contributed by atoms with Gasteiger partial charge in [-0.3, -0.25) is 9.59 Å². The summed E-state index contributed by atoms with van der Waals surface area (Å²) in [5.41, 5.74) is 1.66. The molecule has 1 N–H and O–H groups in total. The number of sulfonamides is 1. The third-order valence-corrected chi connectivity index (χ3v) is 7.44. The quantitative estimate of drug-likeness (QED) is 0.287. The molecule has 3 aromatic heterocycles. The first kappa shape index (κ1) is 25.0. The van der Waals surface area contributed by atoms with Crippen LogP contribution >= 0.6 is 11.6 Å². The van der Waals surface area contributed by atoms with Crippen molar-refractivity contribution in [2.75, 3.05) is 6.26 Å². The summed E-state index contributed by atoms with van der Waals surface area (Å²) in [7, 11) is -4.00. The SMILES string of the molecule is CS(=O)(=O)NC(=O)c1c(C2=CC=CCC2=O)c2c3occc3c(F)cc2n1Cc1cc2ccccc2nc1Cl. The lowest BCUT2D eigenvalue weighted by Gasteiger charge is -2.15. The van der Waals surface area contributed by atoms with Crippen LogP contribution in [0.25, 0.3) is 38.3 Å². The van der Waals surface area contributed by atoms with E-state index < -0.39 is 21.7 Å². The molecule has 1 aliphatic rings. The van der Waals surface area contributed by atoms with Crippen molar-refractivity contribution >= 4 is 71.7 Å². The fourth-order valence-corrected chi connectivity index (χ4v) is 5.61. The lowest BCUT2D eigenvalue weighted by Crippen LogP contribution is -2.32. The lowest BCUT2D eigenvalue weighted by atomic mass is 9.93. The van der Waals surface area contributed by atoms with E-state index in [-0.39, 0.29) is 57.2 Å². The number of amides is 1. The van der Waals surface area contributed by atoms with Gasteiger partial charge in [-0.2, -0.15) is 0 Å². The number of halogens is 2. The van der Waals surface area contributed by atoms with Gasteiger partial charge in [0.15, 0.2) is 5.78 Å². The Morgan fingerprint density at radius 3 is 2.79 bits per heavy atom. The van der Waals surface area contributed by atoms with Gasteiger partial charge in [-0.25, -0.2) is 22.5 Å². The van der Waals surface area contributed by atoms with E-state index in [0.29, 0.717) is 16.5 Å². The van der Waals surface area contributed by atoms with Crippen LogP contribution in [0, 0.1) is 5.82 Å². The molecule has 0 saturated carbocycles. The molecule has 39 heavy (non-hydrogen) atoms. The number of allylic oxidation sites excluding steroid dienone is 4. The standard InChI is InChI=1S/C28H19ClFN3O5S/c1-39(36,37)32-28(35)25-23(18-7-3-5-9-22(18)34)24-21(13-19(30)17-10-11-38-26(17)24)33(25)14-16-12-15-6-2-4-8-20(15)31-27(16)29/h2-8,10-13H,9,14H2,1H3,(H,32,35). The van der Waals surface area contributed by atoms with Crippen LogP contribution in [0.1, 0.15) is 28.0 Å². The third-order valence-electron chi connectivity index (χ3n) is 6.56. The van der Waals surface area contributed by atoms with E-state index in [1.54, 1.807) is 30.4 Å². The van der Waals surface area contributed by atoms with E-state index in [4.69, 9.17) is 16.0 Å². The highest BCUT2D eigenvalue weighted by Crippen LogP contribution is 2.40. The number of hydrogen-bond acceptors (Lipinski definition) is 6. The number of nitrogens with one attached hydrogen (secondary N) is 1. The summed E-state index contributed by atoms with van der Waals surface area (Å²) in [6.07, 6.45) is 7.12. The molecule has 1 amide bonds. The van der Waals surface area contributed by atoms with Crippen molar-refractivity contribution < 1.29 is 26.8 Å². The number of Topliss-reactive ketones (excluding diaryl/α,β-unsaturated/α-hetero) is 1. The first-order valence-corrected chi connectivity index (χ1v) is 14.1. The first-order chi connectivity index (χ1) is 18.6. The number of hydrogen-bond donors (Lipinski definition) is 1. The molecule has 3 heterocycles. The molecule has 0 spiro atoms. The van der Waals surface area contributed by atoms with Crippen molar-refractivity contribution in [3.8, 4) is 0 Å². The van der Waals surface area contributed by atoms with Crippen molar-refractivity contribution in [2.45, 2.75) is 13.0 Å². The molecule has 0 fully saturated rings. The van der Waals surface area contributed by atoms with Crippen LogP contribution in [0.5, 0.6) is 0 Å². The highest BCUT2D eigenvalue weighted by molar-refractivity contribution is 7.89. The van der Waals surface area contributed by atoms with Gasteiger partial charge >= 0.3 is 0 Å². The topological polar surface area (TPSA) is 111 Å². The first-order valence-electron chi connectivity index (χ1n) is 11.8. The summed E-state index contributed by atoms with van der Waals surface area (Å²) in [5, 5.41) is 1.39. The van der Waals surface area contributed by atoms with Gasteiger partial charge in [0.05, 0.1) is 40.9 Å². The number of benzene rings is 2. The molecule has 11 heteroatoms. The Hall–Kier alpha value is -4.28. The van der Waals surface area contributed by atoms with E-state index in [9.17, 15) is 18.0 Å². The number of fused-ring (bicyclic) bond motifs is 4. The second-order valence-corrected chi connectivity index (χ2v) is 11.3. The average molecular weight is 564 g/mol. The molecule has 0 radical (unpaired) electrons. The summed E-state index contributed by atoms with van der Waals surface area (Å²) in [4.78, 5) is 31.2. The number of pyridine rings is 1. The van der Waals surface area contributed by atoms with Crippen LogP contribution < -0.4 is 4.72 Å². The Balaban J connectivity index is 1.72. The maximum absolute atomic E-state index is 15.3. The Labute approximate surface area is 226 Å². The predicted molar refractivity (Wildman–Crippen MR) is 147 cm³/mol. The van der Waals surface area contributed by atoms with Gasteiger partial charge in [0.2, 0.25) is 10.0 Å². The van der Waals surface area contributed by atoms with Crippen LogP contribution in [-0.4, -0.2) is 35.9 Å². The predicted octanol–water partition coefficient (Wildman–Crippen LogP) is 5.38. The van der Waals surface area contributed by atoms with E-state index in [1.807, 2.05) is 22.9 Å². The number of nitrogens with zero attached hydrogens (tertiary/aromatic N) is 2. The summed E-state index contributed by atoms with van der Waals surface area (Å²) >= 11 is 6.54. The fraction of sp³-hybridized carbons (Fsp3) is 0.107. The molecule has 2 aromatic carbocycles. The number of rotatable bonds is 5. The molecule has 0 atom stereocenters. The van der Waals surface area contributed by atoms with E-state index in [1.165, 1.54) is 23.0 Å². The molecular weight excluding hydrogens is 545 g/mol. The largest absolute Gasteiger partial charge is 0.463 e. The molecule has 0 aliphatic heterocycles. The van der Waals surface area contributed by atoms with Crippen molar-refractivity contribution in [3.05, 3.63) is 94.7 Å². The van der Waals surface area contributed by atoms with Crippen LogP contribution in [-0.2, 0) is 21.4 Å². The molecule has 196 valence electrons. The number of ketones is 1. The van der Waals surface area contributed by atoms with Gasteiger partial charge in [-0.15, -0.1) is 0 Å². The second-order valence-electron chi connectivity index (χ2n) is 9.20. The van der Waals surface area contributed by atoms with Crippen LogP contribution in [0.15, 0.2) is 71.4 Å². The average Bonchev–Trinajstić information content (AvgIpc) is 3.48. The zero-order valence-corrected chi connectivity index (χ0v) is 21.9. The molecule has 8 nitrogen and oxygen atoms in total. The Kier molecular flexibility index (Phi) is 5.89. The van der Waals surface area contributed by atoms with Crippen molar-refractivity contribution in [1.29, 1.82) is 0 Å². The van der Waals surface area contributed by atoms with Gasteiger partial charge in [0.1, 0.15) is 22.2 Å². The lowest BCUT2D eigenvalue weighted by molar-refractivity contribution is -0.113. The van der Waals surface area contributed by atoms with E-state index in [2.05, 4.69) is 4.98 Å². The smallest absolute Gasteiger partial charge is 0.282 e. The summed E-state index contributed by atoms with van der Waals surface area (Å²) < 4.78 is 48.7. The minimum Gasteiger partial charge on any atom is -0.463 e. The minimum atomic E-state index is -4.00. The summed E-state index contributed by atoms with van der Waals surface area (Å²) in [5.74, 6) is -1.89. The molecule has 0 unspecified atom stereocenters. The molecule has 1 aliphatic carbocycles. The van der Waals surface area contributed by atoms with Crippen LogP contribution in [0.2, 0.25) is 5.15 Å². The van der Waals surface area contributed by atoms with Crippen LogP contribution in [0.3, 0.4) is 0 Å². The molecule has 0 saturated heterocycles. The van der Waals surface area contributed by atoms with Gasteiger partial charge in [0, 0.05) is 28.5 Å². The Bertz CT molecular complexity index is 2040. The van der Waals surface area contributed by atoms with Gasteiger partial charge < -0.3 is 8.98 Å². The zero-order valence-electron chi connectivity index (χ0n) is 20.4. The Morgan fingerprint density at radius 1 is 1.23 bits per heavy atom.